The van der Waals surface area contributed by atoms with Gasteiger partial charge in [-0.15, -0.1) is 0 Å². The number of benzene rings is 1. The van der Waals surface area contributed by atoms with Crippen molar-refractivity contribution >= 4 is 5.82 Å². The Morgan fingerprint density at radius 3 is 2.67 bits per heavy atom. The number of nitrogen functional groups attached to an aromatic ring is 1. The summed E-state index contributed by atoms with van der Waals surface area (Å²) in [7, 11) is 1.53. The Balaban J connectivity index is 2.70. The third-order valence-electron chi connectivity index (χ3n) is 2.92. The van der Waals surface area contributed by atoms with E-state index in [9.17, 15) is 4.39 Å². The molecule has 0 spiro atoms. The quantitative estimate of drug-likeness (QED) is 0.909. The zero-order valence-electron chi connectivity index (χ0n) is 10.6. The van der Waals surface area contributed by atoms with Crippen LogP contribution >= 0.6 is 0 Å². The van der Waals surface area contributed by atoms with Crippen LogP contribution in [0.2, 0.25) is 0 Å². The highest BCUT2D eigenvalue weighted by atomic mass is 19.1. The van der Waals surface area contributed by atoms with Gasteiger partial charge in [0.15, 0.2) is 11.6 Å². The molecule has 1 aromatic heterocycles. The highest BCUT2D eigenvalue weighted by Gasteiger charge is 2.18. The number of hydrogen-bond donors (Lipinski definition) is 1. The zero-order valence-corrected chi connectivity index (χ0v) is 10.6. The molecule has 1 heterocycles. The molecule has 2 N–H and O–H groups in total. The predicted octanol–water partition coefficient (Wildman–Crippen LogP) is 2.94. The van der Waals surface area contributed by atoms with Crippen LogP contribution in [0.15, 0.2) is 16.7 Å². The summed E-state index contributed by atoms with van der Waals surface area (Å²) < 4.78 is 24.2. The Morgan fingerprint density at radius 2 is 2.17 bits per heavy atom. The molecule has 2 rings (SSSR count). The van der Waals surface area contributed by atoms with E-state index in [-0.39, 0.29) is 11.6 Å². The van der Waals surface area contributed by atoms with Crippen molar-refractivity contribution in [3.05, 3.63) is 29.1 Å². The van der Waals surface area contributed by atoms with Crippen LogP contribution in [0, 0.1) is 12.7 Å². The Kier molecular flexibility index (Phi) is 3.23. The van der Waals surface area contributed by atoms with Crippen LogP contribution in [0.5, 0.6) is 5.75 Å². The van der Waals surface area contributed by atoms with E-state index in [2.05, 4.69) is 5.16 Å². The van der Waals surface area contributed by atoms with Crippen molar-refractivity contribution in [3.63, 3.8) is 0 Å². The molecule has 5 heteroatoms. The Morgan fingerprint density at radius 1 is 1.44 bits per heavy atom. The largest absolute Gasteiger partial charge is 0.496 e. The van der Waals surface area contributed by atoms with Crippen molar-refractivity contribution in [1.29, 1.82) is 0 Å². The summed E-state index contributed by atoms with van der Waals surface area (Å²) in [5.74, 6) is 0.921. The second-order valence-electron chi connectivity index (χ2n) is 4.01. The van der Waals surface area contributed by atoms with Gasteiger partial charge in [-0.3, -0.25) is 0 Å². The average Bonchev–Trinajstić information content (AvgIpc) is 2.78. The van der Waals surface area contributed by atoms with E-state index >= 15 is 0 Å². The number of ether oxygens (including phenoxy) is 1. The molecule has 0 radical (unpaired) electrons. The van der Waals surface area contributed by atoms with Gasteiger partial charge in [0, 0.05) is 22.8 Å². The number of nitrogens with two attached hydrogens (primary N) is 1. The van der Waals surface area contributed by atoms with Gasteiger partial charge in [-0.2, -0.15) is 0 Å². The molecule has 0 aliphatic heterocycles. The Hall–Kier alpha value is -2.04. The minimum absolute atomic E-state index is 0.270. The highest BCUT2D eigenvalue weighted by Crippen LogP contribution is 2.36. The SMILES string of the molecule is CCc1c(-c2cc(N)no2)cc(F)c(C)c1OC. The molecule has 0 fully saturated rings. The maximum atomic E-state index is 13.9. The van der Waals surface area contributed by atoms with Crippen molar-refractivity contribution in [3.8, 4) is 17.1 Å². The van der Waals surface area contributed by atoms with Crippen LogP contribution < -0.4 is 10.5 Å². The van der Waals surface area contributed by atoms with Crippen LogP contribution in [0.25, 0.3) is 11.3 Å². The van der Waals surface area contributed by atoms with Gasteiger partial charge in [0.2, 0.25) is 0 Å². The first-order valence-corrected chi connectivity index (χ1v) is 5.67. The van der Waals surface area contributed by atoms with Crippen molar-refractivity contribution in [2.24, 2.45) is 0 Å². The molecular weight excluding hydrogens is 235 g/mol. The average molecular weight is 250 g/mol. The van der Waals surface area contributed by atoms with E-state index in [1.165, 1.54) is 13.2 Å². The number of aromatic nitrogens is 1. The first-order chi connectivity index (χ1) is 8.58. The monoisotopic (exact) mass is 250 g/mol. The van der Waals surface area contributed by atoms with Gasteiger partial charge in [-0.05, 0) is 19.4 Å². The van der Waals surface area contributed by atoms with Crippen LogP contribution in [0.3, 0.4) is 0 Å². The van der Waals surface area contributed by atoms with E-state index < -0.39 is 0 Å². The first kappa shape index (κ1) is 12.4. The van der Waals surface area contributed by atoms with Crippen LogP contribution in [-0.4, -0.2) is 12.3 Å². The molecule has 1 aromatic carbocycles. The molecule has 2 aromatic rings. The summed E-state index contributed by atoms with van der Waals surface area (Å²) in [5, 5.41) is 3.62. The Labute approximate surface area is 105 Å². The molecule has 0 aliphatic carbocycles. The molecule has 18 heavy (non-hydrogen) atoms. The molecular formula is C13H15FN2O2. The molecule has 0 saturated heterocycles. The second-order valence-corrected chi connectivity index (χ2v) is 4.01. The van der Waals surface area contributed by atoms with Gasteiger partial charge in [-0.25, -0.2) is 4.39 Å². The molecule has 0 unspecified atom stereocenters. The van der Waals surface area contributed by atoms with Crippen molar-refractivity contribution in [2.75, 3.05) is 12.8 Å². The highest BCUT2D eigenvalue weighted by molar-refractivity contribution is 5.69. The number of hydrogen-bond acceptors (Lipinski definition) is 4. The number of methoxy groups -OCH3 is 1. The normalized spacial score (nSPS) is 10.7. The maximum absolute atomic E-state index is 13.9. The summed E-state index contributed by atoms with van der Waals surface area (Å²) in [4.78, 5) is 0. The molecule has 0 saturated carbocycles. The third kappa shape index (κ3) is 1.92. The fourth-order valence-corrected chi connectivity index (χ4v) is 2.04. The lowest BCUT2D eigenvalue weighted by molar-refractivity contribution is 0.401. The van der Waals surface area contributed by atoms with Crippen molar-refractivity contribution in [2.45, 2.75) is 20.3 Å². The minimum Gasteiger partial charge on any atom is -0.496 e. The van der Waals surface area contributed by atoms with Crippen molar-refractivity contribution in [1.82, 2.24) is 5.16 Å². The Bertz CT molecular complexity index is 579. The summed E-state index contributed by atoms with van der Waals surface area (Å²) in [6.07, 6.45) is 0.695. The van der Waals surface area contributed by atoms with Gasteiger partial charge in [0.05, 0.1) is 7.11 Å². The fourth-order valence-electron chi connectivity index (χ4n) is 2.04. The van der Waals surface area contributed by atoms with Gasteiger partial charge in [0.25, 0.3) is 0 Å². The first-order valence-electron chi connectivity index (χ1n) is 5.67. The standard InChI is InChI=1S/C13H15FN2O2/c1-4-8-9(11-6-12(15)16-18-11)5-10(14)7(2)13(8)17-3/h5-6H,4H2,1-3H3,(H2,15,16). The van der Waals surface area contributed by atoms with Gasteiger partial charge < -0.3 is 15.0 Å². The van der Waals surface area contributed by atoms with Crippen LogP contribution in [-0.2, 0) is 6.42 Å². The van der Waals surface area contributed by atoms with E-state index in [0.29, 0.717) is 29.1 Å². The third-order valence-corrected chi connectivity index (χ3v) is 2.92. The van der Waals surface area contributed by atoms with Gasteiger partial charge in [-0.1, -0.05) is 12.1 Å². The van der Waals surface area contributed by atoms with E-state index in [0.717, 1.165) is 5.56 Å². The van der Waals surface area contributed by atoms with Gasteiger partial charge >= 0.3 is 0 Å². The lowest BCUT2D eigenvalue weighted by Crippen LogP contribution is -1.99. The summed E-state index contributed by atoms with van der Waals surface area (Å²) in [6, 6.07) is 3.00. The van der Waals surface area contributed by atoms with E-state index in [1.807, 2.05) is 6.92 Å². The number of rotatable bonds is 3. The topological polar surface area (TPSA) is 61.3 Å². The molecule has 0 amide bonds. The molecule has 0 bridgehead atoms. The number of anilines is 1. The summed E-state index contributed by atoms with van der Waals surface area (Å²) in [6.45, 7) is 3.66. The van der Waals surface area contributed by atoms with E-state index in [4.69, 9.17) is 15.0 Å². The second kappa shape index (κ2) is 4.68. The van der Waals surface area contributed by atoms with E-state index in [1.54, 1.807) is 13.0 Å². The minimum atomic E-state index is -0.339. The molecule has 0 aliphatic rings. The predicted molar refractivity (Wildman–Crippen MR) is 67.0 cm³/mol. The molecule has 4 nitrogen and oxygen atoms in total. The summed E-state index contributed by atoms with van der Waals surface area (Å²) >= 11 is 0. The fraction of sp³-hybridized carbons (Fsp3) is 0.308. The van der Waals surface area contributed by atoms with Crippen LogP contribution in [0.4, 0.5) is 10.2 Å². The van der Waals surface area contributed by atoms with Crippen LogP contribution in [0.1, 0.15) is 18.1 Å². The smallest absolute Gasteiger partial charge is 0.169 e. The summed E-state index contributed by atoms with van der Waals surface area (Å²) in [5.41, 5.74) is 7.52. The zero-order chi connectivity index (χ0) is 13.3. The number of halogens is 1. The lowest BCUT2D eigenvalue weighted by Gasteiger charge is -2.14. The molecule has 0 atom stereocenters. The van der Waals surface area contributed by atoms with Crippen molar-refractivity contribution < 1.29 is 13.7 Å². The maximum Gasteiger partial charge on any atom is 0.169 e. The molecule has 96 valence electrons. The lowest BCUT2D eigenvalue weighted by atomic mass is 9.98. The van der Waals surface area contributed by atoms with Gasteiger partial charge in [0.1, 0.15) is 11.6 Å². The number of nitrogens with zero attached hydrogens (tertiary/aromatic N) is 1.